The van der Waals surface area contributed by atoms with E-state index in [9.17, 15) is 10.1 Å². The summed E-state index contributed by atoms with van der Waals surface area (Å²) >= 11 is 0. The molecule has 0 fully saturated rings. The summed E-state index contributed by atoms with van der Waals surface area (Å²) in [6.07, 6.45) is 0.863. The first-order valence-corrected chi connectivity index (χ1v) is 7.42. The van der Waals surface area contributed by atoms with Gasteiger partial charge >= 0.3 is 0 Å². The molecule has 23 heavy (non-hydrogen) atoms. The summed E-state index contributed by atoms with van der Waals surface area (Å²) < 4.78 is 10.3. The molecule has 0 spiro atoms. The van der Waals surface area contributed by atoms with Crippen molar-refractivity contribution in [2.24, 2.45) is 4.99 Å². The third kappa shape index (κ3) is 8.12. The Morgan fingerprint density at radius 1 is 1.22 bits per heavy atom. The molecule has 0 saturated heterocycles. The van der Waals surface area contributed by atoms with E-state index in [4.69, 9.17) is 9.47 Å². The minimum Gasteiger partial charge on any atom is -0.382 e. The minimum atomic E-state index is -0.410. The maximum atomic E-state index is 10.6. The van der Waals surface area contributed by atoms with Crippen molar-refractivity contribution in [1.82, 2.24) is 10.6 Å². The van der Waals surface area contributed by atoms with Crippen LogP contribution in [0, 0.1) is 10.1 Å². The number of nitro groups is 1. The molecule has 0 radical (unpaired) electrons. The van der Waals surface area contributed by atoms with Crippen LogP contribution in [0.4, 0.5) is 5.69 Å². The molecule has 0 atom stereocenters. The first-order valence-electron chi connectivity index (χ1n) is 7.42. The van der Waals surface area contributed by atoms with Crippen LogP contribution in [0.15, 0.2) is 29.3 Å². The van der Waals surface area contributed by atoms with Crippen LogP contribution in [-0.4, -0.2) is 51.4 Å². The summed E-state index contributed by atoms with van der Waals surface area (Å²) in [5.74, 6) is 0.681. The van der Waals surface area contributed by atoms with Crippen LogP contribution in [0.3, 0.4) is 0 Å². The highest BCUT2D eigenvalue weighted by Crippen LogP contribution is 2.11. The van der Waals surface area contributed by atoms with Crippen LogP contribution in [-0.2, 0) is 16.0 Å². The summed E-state index contributed by atoms with van der Waals surface area (Å²) in [6, 6.07) is 6.43. The van der Waals surface area contributed by atoms with Gasteiger partial charge in [-0.2, -0.15) is 0 Å². The van der Waals surface area contributed by atoms with E-state index in [2.05, 4.69) is 15.6 Å². The fourth-order valence-electron chi connectivity index (χ4n) is 1.77. The van der Waals surface area contributed by atoms with Crippen LogP contribution >= 0.6 is 0 Å². The number of hydrogen-bond acceptors (Lipinski definition) is 5. The lowest BCUT2D eigenvalue weighted by molar-refractivity contribution is -0.384. The highest BCUT2D eigenvalue weighted by atomic mass is 16.6. The molecule has 0 amide bonds. The van der Waals surface area contributed by atoms with Crippen molar-refractivity contribution in [1.29, 1.82) is 0 Å². The molecule has 0 aliphatic heterocycles. The molecule has 1 aromatic rings. The van der Waals surface area contributed by atoms with Gasteiger partial charge in [-0.15, -0.1) is 0 Å². The van der Waals surface area contributed by atoms with E-state index in [0.29, 0.717) is 32.3 Å². The van der Waals surface area contributed by atoms with Gasteiger partial charge in [-0.05, 0) is 12.0 Å². The van der Waals surface area contributed by atoms with Crippen molar-refractivity contribution >= 4 is 11.6 Å². The molecule has 0 heterocycles. The van der Waals surface area contributed by atoms with Gasteiger partial charge in [0.25, 0.3) is 5.69 Å². The Balaban J connectivity index is 2.22. The Kier molecular flexibility index (Phi) is 9.34. The van der Waals surface area contributed by atoms with Gasteiger partial charge in [0.15, 0.2) is 5.96 Å². The lowest BCUT2D eigenvalue weighted by Crippen LogP contribution is -2.37. The Bertz CT molecular complexity index is 491. The van der Waals surface area contributed by atoms with E-state index in [1.165, 1.54) is 12.1 Å². The number of nitro benzene ring substituents is 1. The maximum Gasteiger partial charge on any atom is 0.269 e. The monoisotopic (exact) mass is 324 g/mol. The van der Waals surface area contributed by atoms with Gasteiger partial charge in [0, 0.05) is 46.0 Å². The predicted octanol–water partition coefficient (Wildman–Crippen LogP) is 1.31. The van der Waals surface area contributed by atoms with Gasteiger partial charge in [0.1, 0.15) is 0 Å². The third-order valence-electron chi connectivity index (χ3n) is 3.02. The fourth-order valence-corrected chi connectivity index (χ4v) is 1.77. The van der Waals surface area contributed by atoms with Gasteiger partial charge < -0.3 is 20.1 Å². The van der Waals surface area contributed by atoms with Crippen LogP contribution in [0.1, 0.15) is 12.0 Å². The van der Waals surface area contributed by atoms with E-state index >= 15 is 0 Å². The molecule has 2 N–H and O–H groups in total. The van der Waals surface area contributed by atoms with Crippen molar-refractivity contribution in [3.8, 4) is 0 Å². The number of aliphatic imine (C=N–C) groups is 1. The van der Waals surface area contributed by atoms with Crippen LogP contribution in [0.5, 0.6) is 0 Å². The Labute approximate surface area is 136 Å². The first kappa shape index (κ1) is 18.9. The molecular weight excluding hydrogens is 300 g/mol. The second kappa shape index (κ2) is 11.4. The minimum absolute atomic E-state index is 0.0877. The highest BCUT2D eigenvalue weighted by molar-refractivity contribution is 5.79. The van der Waals surface area contributed by atoms with Gasteiger partial charge in [0.05, 0.1) is 18.1 Å². The number of ether oxygens (including phenoxy) is 2. The van der Waals surface area contributed by atoms with Crippen molar-refractivity contribution < 1.29 is 14.4 Å². The van der Waals surface area contributed by atoms with Gasteiger partial charge in [-0.3, -0.25) is 15.1 Å². The van der Waals surface area contributed by atoms with Crippen LogP contribution in [0.2, 0.25) is 0 Å². The smallest absolute Gasteiger partial charge is 0.269 e. The zero-order valence-electron chi connectivity index (χ0n) is 13.6. The zero-order valence-corrected chi connectivity index (χ0v) is 13.6. The molecule has 0 bridgehead atoms. The van der Waals surface area contributed by atoms with Crippen LogP contribution in [0.25, 0.3) is 0 Å². The molecule has 0 unspecified atom stereocenters. The molecule has 128 valence electrons. The van der Waals surface area contributed by atoms with Crippen molar-refractivity contribution in [3.05, 3.63) is 39.9 Å². The molecular formula is C15H24N4O4. The summed E-state index contributed by atoms with van der Waals surface area (Å²) in [5.41, 5.74) is 1.03. The van der Waals surface area contributed by atoms with Gasteiger partial charge in [0.2, 0.25) is 0 Å². The molecule has 8 heteroatoms. The lowest BCUT2D eigenvalue weighted by Gasteiger charge is -2.12. The third-order valence-corrected chi connectivity index (χ3v) is 3.02. The van der Waals surface area contributed by atoms with E-state index < -0.39 is 4.92 Å². The quantitative estimate of drug-likeness (QED) is 0.221. The van der Waals surface area contributed by atoms with Crippen molar-refractivity contribution in [3.63, 3.8) is 0 Å². The van der Waals surface area contributed by atoms with Crippen molar-refractivity contribution in [2.45, 2.75) is 13.0 Å². The van der Waals surface area contributed by atoms with Gasteiger partial charge in [-0.1, -0.05) is 12.1 Å². The number of hydrogen-bond donors (Lipinski definition) is 2. The number of rotatable bonds is 10. The van der Waals surface area contributed by atoms with E-state index in [1.54, 1.807) is 26.3 Å². The first-order chi connectivity index (χ1) is 11.2. The largest absolute Gasteiger partial charge is 0.382 e. The van der Waals surface area contributed by atoms with Crippen molar-refractivity contribution in [2.75, 3.05) is 40.5 Å². The number of nitrogens with one attached hydrogen (secondary N) is 2. The maximum absolute atomic E-state index is 10.6. The second-order valence-corrected chi connectivity index (χ2v) is 4.73. The number of guanidine groups is 1. The molecule has 0 aromatic heterocycles. The summed E-state index contributed by atoms with van der Waals surface area (Å²) in [5, 5.41) is 16.9. The van der Waals surface area contributed by atoms with Crippen LogP contribution < -0.4 is 10.6 Å². The number of methoxy groups -OCH3 is 1. The molecule has 0 aliphatic carbocycles. The lowest BCUT2D eigenvalue weighted by atomic mass is 10.2. The molecule has 0 aliphatic rings. The van der Waals surface area contributed by atoms with E-state index in [-0.39, 0.29) is 5.69 Å². The summed E-state index contributed by atoms with van der Waals surface area (Å²) in [4.78, 5) is 14.3. The predicted molar refractivity (Wildman–Crippen MR) is 88.6 cm³/mol. The Morgan fingerprint density at radius 2 is 1.96 bits per heavy atom. The standard InChI is InChI=1S/C15H24N4O4/c1-16-15(17-8-3-9-23-11-10-22-2)18-12-13-4-6-14(7-5-13)19(20)21/h4-7H,3,8-12H2,1-2H3,(H2,16,17,18). The average Bonchev–Trinajstić information content (AvgIpc) is 2.57. The average molecular weight is 324 g/mol. The van der Waals surface area contributed by atoms with E-state index in [0.717, 1.165) is 18.5 Å². The molecule has 1 aromatic carbocycles. The second-order valence-electron chi connectivity index (χ2n) is 4.73. The number of nitrogens with zero attached hydrogens (tertiary/aromatic N) is 2. The van der Waals surface area contributed by atoms with E-state index in [1.807, 2.05) is 0 Å². The highest BCUT2D eigenvalue weighted by Gasteiger charge is 2.04. The van der Waals surface area contributed by atoms with Gasteiger partial charge in [-0.25, -0.2) is 0 Å². The fraction of sp³-hybridized carbons (Fsp3) is 0.533. The topological polar surface area (TPSA) is 98.0 Å². The summed E-state index contributed by atoms with van der Waals surface area (Å²) in [7, 11) is 3.34. The Morgan fingerprint density at radius 3 is 2.57 bits per heavy atom. The molecule has 0 saturated carbocycles. The molecule has 1 rings (SSSR count). The SMILES string of the molecule is CN=C(NCCCOCCOC)NCc1ccc([N+](=O)[O-])cc1. The Hall–Kier alpha value is -2.19. The normalized spacial score (nSPS) is 11.3. The summed E-state index contributed by atoms with van der Waals surface area (Å²) in [6.45, 7) is 3.15. The molecule has 8 nitrogen and oxygen atoms in total. The number of benzene rings is 1. The zero-order chi connectivity index (χ0) is 16.9. The number of non-ortho nitro benzene ring substituents is 1.